The molecule has 216 valence electrons. The van der Waals surface area contributed by atoms with E-state index in [0.29, 0.717) is 35.2 Å². The molecule has 2 rings (SSSR count). The fraction of sp³-hybridized carbons (Fsp3) is 0.600. The molecule has 0 atom stereocenters. The Bertz CT molecular complexity index is 995. The molecule has 0 radical (unpaired) electrons. The van der Waals surface area contributed by atoms with Crippen LogP contribution in [0.25, 0.3) is 0 Å². The van der Waals surface area contributed by atoms with E-state index in [1.54, 1.807) is 12.4 Å². The van der Waals surface area contributed by atoms with Crippen molar-refractivity contribution in [2.75, 3.05) is 6.67 Å². The zero-order valence-electron chi connectivity index (χ0n) is 25.9. The Morgan fingerprint density at radius 2 is 0.872 bits per heavy atom. The molecular formula is C35H54N2O2. The highest BCUT2D eigenvalue weighted by molar-refractivity contribution is 5.86. The molecule has 0 aliphatic carbocycles. The predicted octanol–water partition coefficient (Wildman–Crippen LogP) is 8.95. The van der Waals surface area contributed by atoms with Gasteiger partial charge in [-0.1, -0.05) is 67.5 Å². The van der Waals surface area contributed by atoms with E-state index in [1.165, 1.54) is 11.1 Å². The van der Waals surface area contributed by atoms with E-state index in [4.69, 9.17) is 0 Å². The second-order valence-electron chi connectivity index (χ2n) is 12.9. The van der Waals surface area contributed by atoms with Crippen LogP contribution in [-0.4, -0.2) is 29.3 Å². The summed E-state index contributed by atoms with van der Waals surface area (Å²) < 4.78 is 0. The Kier molecular flexibility index (Phi) is 13.8. The van der Waals surface area contributed by atoms with Crippen molar-refractivity contribution in [3.8, 4) is 11.5 Å². The number of nitrogens with zero attached hydrogens (tertiary/aromatic N) is 2. The maximum Gasteiger partial charge on any atom is 0.129 e. The molecule has 0 unspecified atom stereocenters. The van der Waals surface area contributed by atoms with Gasteiger partial charge >= 0.3 is 0 Å². The highest BCUT2D eigenvalue weighted by Gasteiger charge is 2.12. The van der Waals surface area contributed by atoms with Gasteiger partial charge < -0.3 is 10.2 Å². The zero-order chi connectivity index (χ0) is 28.9. The summed E-state index contributed by atoms with van der Waals surface area (Å²) in [5.74, 6) is 3.11. The molecule has 0 saturated heterocycles. The lowest BCUT2D eigenvalue weighted by Crippen LogP contribution is -2.00. The van der Waals surface area contributed by atoms with Gasteiger partial charge in [0, 0.05) is 23.6 Å². The first-order chi connectivity index (χ1) is 18.5. The molecule has 2 N–H and O–H groups in total. The van der Waals surface area contributed by atoms with Crippen LogP contribution in [0.15, 0.2) is 34.3 Å². The molecule has 0 aliphatic heterocycles. The van der Waals surface area contributed by atoms with Gasteiger partial charge in [0.05, 0.1) is 0 Å². The maximum atomic E-state index is 11.0. The van der Waals surface area contributed by atoms with Gasteiger partial charge in [0.15, 0.2) is 0 Å². The molecule has 0 saturated carbocycles. The van der Waals surface area contributed by atoms with Crippen molar-refractivity contribution >= 4 is 12.4 Å². The summed E-state index contributed by atoms with van der Waals surface area (Å²) in [6.45, 7) is 18.1. The largest absolute Gasteiger partial charge is 0.507 e. The Hall–Kier alpha value is -2.62. The summed E-state index contributed by atoms with van der Waals surface area (Å²) >= 11 is 0. The summed E-state index contributed by atoms with van der Waals surface area (Å²) in [6, 6.07) is 8.46. The van der Waals surface area contributed by atoms with Gasteiger partial charge in [0.25, 0.3) is 0 Å². The first-order valence-electron chi connectivity index (χ1n) is 15.1. The van der Waals surface area contributed by atoms with Crippen LogP contribution in [-0.2, 0) is 25.7 Å². The topological polar surface area (TPSA) is 65.2 Å². The number of phenols is 2. The monoisotopic (exact) mass is 534 g/mol. The summed E-state index contributed by atoms with van der Waals surface area (Å²) in [4.78, 5) is 9.04. The zero-order valence-corrected chi connectivity index (χ0v) is 25.9. The van der Waals surface area contributed by atoms with Crippen molar-refractivity contribution in [2.24, 2.45) is 33.7 Å². The normalized spacial score (nSPS) is 12.4. The molecule has 0 fully saturated rings. The number of phenolic OH excluding ortho intramolecular Hbond substituents is 2. The number of rotatable bonds is 16. The van der Waals surface area contributed by atoms with Gasteiger partial charge in [-0.3, -0.25) is 9.98 Å². The van der Waals surface area contributed by atoms with Crippen LogP contribution in [0.4, 0.5) is 0 Å². The smallest absolute Gasteiger partial charge is 0.129 e. The highest BCUT2D eigenvalue weighted by atomic mass is 16.3. The van der Waals surface area contributed by atoms with Crippen molar-refractivity contribution in [3.05, 3.63) is 57.6 Å². The van der Waals surface area contributed by atoms with E-state index in [0.717, 1.165) is 73.6 Å². The molecule has 0 spiro atoms. The molecule has 4 heteroatoms. The molecule has 0 bridgehead atoms. The third-order valence-electron chi connectivity index (χ3n) is 7.18. The van der Waals surface area contributed by atoms with Crippen LogP contribution in [0.1, 0.15) is 114 Å². The number of aliphatic imine (C=N–C) groups is 2. The third-order valence-corrected chi connectivity index (χ3v) is 7.18. The van der Waals surface area contributed by atoms with Crippen LogP contribution in [0.3, 0.4) is 0 Å². The number of aromatic hydroxyl groups is 2. The summed E-state index contributed by atoms with van der Waals surface area (Å²) in [5, 5.41) is 21.9. The van der Waals surface area contributed by atoms with Crippen LogP contribution in [0.2, 0.25) is 0 Å². The molecule has 0 aliphatic rings. The maximum absolute atomic E-state index is 11.0. The predicted molar refractivity (Wildman–Crippen MR) is 169 cm³/mol. The minimum atomic E-state index is 0.244. The quantitative estimate of drug-likeness (QED) is 0.211. The summed E-state index contributed by atoms with van der Waals surface area (Å²) in [6.07, 6.45) is 11.5. The first-order valence-corrected chi connectivity index (χ1v) is 15.1. The van der Waals surface area contributed by atoms with Gasteiger partial charge in [-0.2, -0.15) is 0 Å². The summed E-state index contributed by atoms with van der Waals surface area (Å²) in [5.41, 5.74) is 6.04. The van der Waals surface area contributed by atoms with Gasteiger partial charge in [0.1, 0.15) is 18.2 Å². The fourth-order valence-corrected chi connectivity index (χ4v) is 4.57. The lowest BCUT2D eigenvalue weighted by Gasteiger charge is -2.13. The second kappa shape index (κ2) is 16.5. The Morgan fingerprint density at radius 1 is 0.538 bits per heavy atom. The second-order valence-corrected chi connectivity index (χ2v) is 12.9. The third kappa shape index (κ3) is 12.0. The van der Waals surface area contributed by atoms with Crippen LogP contribution < -0.4 is 0 Å². The van der Waals surface area contributed by atoms with Crippen molar-refractivity contribution < 1.29 is 10.2 Å². The van der Waals surface area contributed by atoms with Crippen LogP contribution >= 0.6 is 0 Å². The van der Waals surface area contributed by atoms with Crippen molar-refractivity contribution in [3.63, 3.8) is 0 Å². The minimum Gasteiger partial charge on any atom is -0.507 e. The van der Waals surface area contributed by atoms with E-state index in [-0.39, 0.29) is 6.67 Å². The lowest BCUT2D eigenvalue weighted by atomic mass is 9.94. The molecule has 2 aromatic rings. The van der Waals surface area contributed by atoms with E-state index < -0.39 is 0 Å². The van der Waals surface area contributed by atoms with E-state index in [2.05, 4.69) is 89.6 Å². The number of aryl methyl sites for hydroxylation is 4. The molecular weight excluding hydrogens is 480 g/mol. The molecule has 0 heterocycles. The molecule has 2 aromatic carbocycles. The minimum absolute atomic E-state index is 0.244. The Balaban J connectivity index is 2.22. The molecule has 4 nitrogen and oxygen atoms in total. The van der Waals surface area contributed by atoms with Gasteiger partial charge in [-0.05, 0) is 109 Å². The highest BCUT2D eigenvalue weighted by Crippen LogP contribution is 2.28. The first kappa shape index (κ1) is 32.6. The lowest BCUT2D eigenvalue weighted by molar-refractivity contribution is 0.461. The molecule has 39 heavy (non-hydrogen) atoms. The SMILES string of the molecule is CC(C)CCc1cc(C=NCN=Cc2cc(CCC(C)C)cc(CCC(C)C)c2O)c(O)c(CCC(C)C)c1. The average Bonchev–Trinajstić information content (AvgIpc) is 2.86. The average molecular weight is 535 g/mol. The Morgan fingerprint density at radius 3 is 1.21 bits per heavy atom. The number of benzene rings is 2. The summed E-state index contributed by atoms with van der Waals surface area (Å²) in [7, 11) is 0. The molecule has 0 aromatic heterocycles. The standard InChI is InChI=1S/C35H54N2O2/c1-24(2)9-13-28-17-30(15-11-26(5)6)34(38)32(19-28)21-36-23-37-22-33-20-29(14-10-25(3)4)18-31(35(33)39)16-12-27(7)8/h17-22,24-27,38-39H,9-16,23H2,1-8H3. The van der Waals surface area contributed by atoms with Gasteiger partial charge in [-0.15, -0.1) is 0 Å². The van der Waals surface area contributed by atoms with Crippen LogP contribution in [0, 0.1) is 23.7 Å². The number of hydrogen-bond acceptors (Lipinski definition) is 4. The van der Waals surface area contributed by atoms with Gasteiger partial charge in [0.2, 0.25) is 0 Å². The number of hydrogen-bond donors (Lipinski definition) is 2. The Labute approximate surface area is 238 Å². The van der Waals surface area contributed by atoms with Crippen molar-refractivity contribution in [1.29, 1.82) is 0 Å². The van der Waals surface area contributed by atoms with Gasteiger partial charge in [-0.25, -0.2) is 0 Å². The van der Waals surface area contributed by atoms with E-state index in [9.17, 15) is 10.2 Å². The molecule has 0 amide bonds. The van der Waals surface area contributed by atoms with Crippen molar-refractivity contribution in [1.82, 2.24) is 0 Å². The van der Waals surface area contributed by atoms with Crippen molar-refractivity contribution in [2.45, 2.75) is 107 Å². The van der Waals surface area contributed by atoms with E-state index in [1.807, 2.05) is 0 Å². The van der Waals surface area contributed by atoms with E-state index >= 15 is 0 Å². The van der Waals surface area contributed by atoms with Crippen LogP contribution in [0.5, 0.6) is 11.5 Å². The fourth-order valence-electron chi connectivity index (χ4n) is 4.57.